The number of ketones is 1. The van der Waals surface area contributed by atoms with Gasteiger partial charge in [0, 0.05) is 24.4 Å². The predicted molar refractivity (Wildman–Crippen MR) is 129 cm³/mol. The third-order valence-electron chi connectivity index (χ3n) is 7.60. The molecule has 0 bridgehead atoms. The lowest BCUT2D eigenvalue weighted by Crippen LogP contribution is -2.69. The van der Waals surface area contributed by atoms with Gasteiger partial charge in [-0.05, 0) is 44.2 Å². The summed E-state index contributed by atoms with van der Waals surface area (Å²) in [5.74, 6) is -2.47. The molecule has 5 rings (SSSR count). The van der Waals surface area contributed by atoms with Crippen LogP contribution in [0.25, 0.3) is 10.9 Å². The van der Waals surface area contributed by atoms with Crippen LogP contribution in [0.5, 0.6) is 0 Å². The lowest BCUT2D eigenvalue weighted by atomic mass is 9.72. The lowest BCUT2D eigenvalue weighted by Gasteiger charge is -2.53. The topological polar surface area (TPSA) is 121 Å². The van der Waals surface area contributed by atoms with Gasteiger partial charge in [-0.1, -0.05) is 23.7 Å². The molecule has 1 aromatic carbocycles. The largest absolute Gasteiger partial charge is 0.370 e. The van der Waals surface area contributed by atoms with E-state index in [9.17, 15) is 23.6 Å². The number of alkyl halides is 1. The number of amides is 3. The van der Waals surface area contributed by atoms with E-state index < -0.39 is 42.0 Å². The molecule has 3 N–H and O–H groups in total. The molecule has 2 saturated heterocycles. The summed E-state index contributed by atoms with van der Waals surface area (Å²) in [4.78, 5) is 56.3. The van der Waals surface area contributed by atoms with E-state index in [1.165, 1.54) is 4.90 Å². The minimum absolute atomic E-state index is 0.00929. The highest BCUT2D eigenvalue weighted by Crippen LogP contribution is 2.43. The van der Waals surface area contributed by atoms with Gasteiger partial charge < -0.3 is 25.3 Å². The molecule has 3 heterocycles. The van der Waals surface area contributed by atoms with E-state index in [2.05, 4.69) is 15.6 Å². The van der Waals surface area contributed by atoms with Crippen molar-refractivity contribution in [2.24, 2.45) is 5.92 Å². The normalized spacial score (nSPS) is 23.8. The van der Waals surface area contributed by atoms with E-state index in [-0.39, 0.29) is 37.1 Å². The molecule has 3 aliphatic rings. The highest BCUT2D eigenvalue weighted by atomic mass is 35.5. The van der Waals surface area contributed by atoms with Gasteiger partial charge in [-0.3, -0.25) is 19.2 Å². The van der Waals surface area contributed by atoms with Gasteiger partial charge in [0.15, 0.2) is 5.78 Å². The Morgan fingerprint density at radius 3 is 2.75 bits per heavy atom. The maximum absolute atomic E-state index is 13.7. The van der Waals surface area contributed by atoms with Crippen LogP contribution in [0.2, 0.25) is 5.02 Å². The average Bonchev–Trinajstić information content (AvgIpc) is 3.48. The first-order valence-electron chi connectivity index (χ1n) is 12.2. The monoisotopic (exact) mass is 518 g/mol. The quantitative estimate of drug-likeness (QED) is 0.518. The maximum atomic E-state index is 13.7. The van der Waals surface area contributed by atoms with E-state index in [0.717, 1.165) is 11.8 Å². The molecule has 9 nitrogen and oxygen atoms in total. The summed E-state index contributed by atoms with van der Waals surface area (Å²) < 4.78 is 19.4. The van der Waals surface area contributed by atoms with E-state index in [1.807, 2.05) is 6.07 Å². The highest BCUT2D eigenvalue weighted by Gasteiger charge is 2.55. The molecule has 1 saturated carbocycles. The van der Waals surface area contributed by atoms with Crippen molar-refractivity contribution in [3.63, 3.8) is 0 Å². The van der Waals surface area contributed by atoms with Crippen LogP contribution in [0, 0.1) is 5.92 Å². The Balaban J connectivity index is 1.42. The number of hydrogen-bond acceptors (Lipinski definition) is 5. The fraction of sp³-hybridized carbons (Fsp3) is 0.520. The van der Waals surface area contributed by atoms with Gasteiger partial charge in [0.25, 0.3) is 5.91 Å². The number of rotatable bonds is 7. The number of carbonyl (C=O) groups is 4. The second-order valence-corrected chi connectivity index (χ2v) is 10.1. The zero-order valence-electron chi connectivity index (χ0n) is 19.6. The van der Waals surface area contributed by atoms with Gasteiger partial charge in [0.2, 0.25) is 11.8 Å². The highest BCUT2D eigenvalue weighted by molar-refractivity contribution is 6.35. The van der Waals surface area contributed by atoms with Gasteiger partial charge in [-0.2, -0.15) is 0 Å². The number of para-hydroxylation sites is 1. The summed E-state index contributed by atoms with van der Waals surface area (Å²) in [7, 11) is 0. The molecule has 1 aliphatic carbocycles. The predicted octanol–water partition coefficient (Wildman–Crippen LogP) is 2.13. The molecule has 1 spiro atoms. The fourth-order valence-electron chi connectivity index (χ4n) is 5.54. The summed E-state index contributed by atoms with van der Waals surface area (Å²) in [6.45, 7) is -0.339. The first-order chi connectivity index (χ1) is 17.3. The summed E-state index contributed by atoms with van der Waals surface area (Å²) >= 11 is 6.27. The molecule has 2 aromatic rings. The second-order valence-electron chi connectivity index (χ2n) is 9.73. The Morgan fingerprint density at radius 2 is 2.11 bits per heavy atom. The maximum Gasteiger partial charge on any atom is 0.271 e. The number of halogens is 2. The summed E-state index contributed by atoms with van der Waals surface area (Å²) in [5, 5.41) is 6.60. The third-order valence-corrected chi connectivity index (χ3v) is 7.91. The molecule has 1 aromatic heterocycles. The van der Waals surface area contributed by atoms with Crippen LogP contribution in [0.4, 0.5) is 4.39 Å². The van der Waals surface area contributed by atoms with E-state index in [4.69, 9.17) is 16.3 Å². The van der Waals surface area contributed by atoms with Crippen molar-refractivity contribution in [3.8, 4) is 0 Å². The molecular weight excluding hydrogens is 491 g/mol. The Hall–Kier alpha value is -2.98. The lowest BCUT2D eigenvalue weighted by molar-refractivity contribution is -0.184. The number of ether oxygens (including phenoxy) is 1. The Bertz CT molecular complexity index is 1210. The Kier molecular flexibility index (Phi) is 6.74. The number of nitrogens with zero attached hydrogens (tertiary/aromatic N) is 1. The van der Waals surface area contributed by atoms with Crippen LogP contribution in [0.1, 0.15) is 42.6 Å². The SMILES string of the molecule is O=C(CF)C(C[C@@H]1CCNC1=O)NC(=O)C1N(C(=O)c2cc3cccc(Cl)c3[nH]2)CCOC12CCC2. The Labute approximate surface area is 212 Å². The zero-order chi connectivity index (χ0) is 25.4. The van der Waals surface area contributed by atoms with Crippen LogP contribution in [-0.4, -0.2) is 77.4 Å². The smallest absolute Gasteiger partial charge is 0.271 e. The first-order valence-corrected chi connectivity index (χ1v) is 12.6. The third kappa shape index (κ3) is 4.37. The summed E-state index contributed by atoms with van der Waals surface area (Å²) in [6, 6.07) is 4.86. The second kappa shape index (κ2) is 9.82. The van der Waals surface area contributed by atoms with Crippen molar-refractivity contribution in [3.05, 3.63) is 35.0 Å². The number of nitrogens with one attached hydrogen (secondary N) is 3. The van der Waals surface area contributed by atoms with Gasteiger partial charge in [-0.15, -0.1) is 0 Å². The molecule has 2 unspecified atom stereocenters. The van der Waals surface area contributed by atoms with Crippen molar-refractivity contribution in [2.45, 2.75) is 49.8 Å². The van der Waals surface area contributed by atoms with E-state index in [1.54, 1.807) is 18.2 Å². The van der Waals surface area contributed by atoms with Crippen LogP contribution in [0.15, 0.2) is 24.3 Å². The van der Waals surface area contributed by atoms with Crippen LogP contribution >= 0.6 is 11.6 Å². The van der Waals surface area contributed by atoms with E-state index >= 15 is 0 Å². The molecule has 3 fully saturated rings. The average molecular weight is 519 g/mol. The van der Waals surface area contributed by atoms with Gasteiger partial charge in [0.1, 0.15) is 18.4 Å². The minimum Gasteiger partial charge on any atom is -0.370 e. The van der Waals surface area contributed by atoms with E-state index in [0.29, 0.717) is 36.3 Å². The molecule has 192 valence electrons. The number of morpholine rings is 1. The summed E-state index contributed by atoms with van der Waals surface area (Å²) in [6.07, 6.45) is 2.52. The zero-order valence-corrected chi connectivity index (χ0v) is 20.4. The van der Waals surface area contributed by atoms with Crippen molar-refractivity contribution in [2.75, 3.05) is 26.4 Å². The molecule has 2 aliphatic heterocycles. The molecule has 0 radical (unpaired) electrons. The van der Waals surface area contributed by atoms with Crippen LogP contribution in [0.3, 0.4) is 0 Å². The van der Waals surface area contributed by atoms with Gasteiger partial charge >= 0.3 is 0 Å². The van der Waals surface area contributed by atoms with Gasteiger partial charge in [0.05, 0.1) is 28.8 Å². The van der Waals surface area contributed by atoms with Crippen molar-refractivity contribution in [1.82, 2.24) is 20.5 Å². The molecule has 36 heavy (non-hydrogen) atoms. The number of benzene rings is 1. The number of aromatic amines is 1. The van der Waals surface area contributed by atoms with Crippen LogP contribution < -0.4 is 10.6 Å². The van der Waals surface area contributed by atoms with Crippen LogP contribution in [-0.2, 0) is 19.1 Å². The molecule has 3 amide bonds. The first kappa shape index (κ1) is 24.7. The molecule has 3 atom stereocenters. The van der Waals surface area contributed by atoms with Crippen molar-refractivity contribution >= 4 is 46.0 Å². The van der Waals surface area contributed by atoms with Crippen molar-refractivity contribution in [1.29, 1.82) is 0 Å². The molecular formula is C25H28ClFN4O5. The number of Topliss-reactive ketones (excluding diaryl/α,β-unsaturated/α-hetero) is 1. The number of H-pyrrole nitrogens is 1. The number of aromatic nitrogens is 1. The van der Waals surface area contributed by atoms with Crippen molar-refractivity contribution < 1.29 is 28.3 Å². The standard InChI is InChI=1S/C25H28ClFN4O5/c26-16-4-1-3-14-11-18(29-20(14)16)24(35)31-9-10-36-25(6-2-7-25)21(31)23(34)30-17(19(32)13-27)12-15-5-8-28-22(15)33/h1,3-4,11,15,17,21,29H,2,5-10,12-13H2,(H,28,33)(H,30,34)/t15-,17?,21?/m0/s1. The van der Waals surface area contributed by atoms with Gasteiger partial charge in [-0.25, -0.2) is 4.39 Å². The number of fused-ring (bicyclic) bond motifs is 1. The number of hydrogen-bond donors (Lipinski definition) is 3. The molecule has 11 heteroatoms. The summed E-state index contributed by atoms with van der Waals surface area (Å²) in [5.41, 5.74) is 0.0419. The minimum atomic E-state index is -1.26. The Morgan fingerprint density at radius 1 is 1.31 bits per heavy atom. The fourth-order valence-corrected chi connectivity index (χ4v) is 5.77. The number of carbonyl (C=O) groups excluding carboxylic acids is 4.